The number of hydrogen-bond donors (Lipinski definition) is 0. The Bertz CT molecular complexity index is 99.4. The summed E-state index contributed by atoms with van der Waals surface area (Å²) in [5.41, 5.74) is 0. The first-order chi connectivity index (χ1) is 4.91. The van der Waals surface area contributed by atoms with Crippen molar-refractivity contribution in [3.63, 3.8) is 0 Å². The molecule has 10 heavy (non-hydrogen) atoms. The van der Waals surface area contributed by atoms with Crippen molar-refractivity contribution in [3.8, 4) is 0 Å². The number of hydrogen-bond acceptors (Lipinski definition) is 2. The van der Waals surface area contributed by atoms with Crippen LogP contribution in [0.2, 0.25) is 0 Å². The fourth-order valence-electron chi connectivity index (χ4n) is 0.652. The van der Waals surface area contributed by atoms with Crippen LogP contribution < -0.4 is 0 Å². The lowest BCUT2D eigenvalue weighted by atomic mass is 10.2. The predicted molar refractivity (Wildman–Crippen MR) is 44.2 cm³/mol. The van der Waals surface area contributed by atoms with Gasteiger partial charge in [0.15, 0.2) is 0 Å². The molecule has 0 aromatic heterocycles. The van der Waals surface area contributed by atoms with Crippen LogP contribution in [0.5, 0.6) is 0 Å². The summed E-state index contributed by atoms with van der Waals surface area (Å²) in [6, 6.07) is 0. The van der Waals surface area contributed by atoms with E-state index in [1.54, 1.807) is 13.3 Å². The van der Waals surface area contributed by atoms with Crippen molar-refractivity contribution in [2.24, 2.45) is 5.16 Å². The molecule has 2 nitrogen and oxygen atoms in total. The first-order valence-corrected chi connectivity index (χ1v) is 3.57. The summed E-state index contributed by atoms with van der Waals surface area (Å²) in [5, 5.41) is 3.62. The van der Waals surface area contributed by atoms with Gasteiger partial charge >= 0.3 is 0 Å². The summed E-state index contributed by atoms with van der Waals surface area (Å²) in [6.45, 7) is 3.64. The Kier molecular flexibility index (Phi) is 7.56. The van der Waals surface area contributed by atoms with Crippen LogP contribution in [0.15, 0.2) is 17.8 Å². The Morgan fingerprint density at radius 3 is 2.70 bits per heavy atom. The highest BCUT2D eigenvalue weighted by atomic mass is 16.6. The van der Waals surface area contributed by atoms with Crippen molar-refractivity contribution >= 4 is 6.21 Å². The lowest BCUT2D eigenvalue weighted by Gasteiger charge is -1.90. The van der Waals surface area contributed by atoms with E-state index in [0.29, 0.717) is 0 Å². The molecule has 0 saturated carbocycles. The van der Waals surface area contributed by atoms with E-state index in [2.05, 4.69) is 16.6 Å². The van der Waals surface area contributed by atoms with E-state index in [4.69, 9.17) is 0 Å². The zero-order valence-electron chi connectivity index (χ0n) is 6.55. The van der Waals surface area contributed by atoms with Crippen molar-refractivity contribution in [3.05, 3.63) is 12.7 Å². The van der Waals surface area contributed by atoms with Crippen LogP contribution in [-0.4, -0.2) is 13.3 Å². The second-order valence-corrected chi connectivity index (χ2v) is 2.04. The van der Waals surface area contributed by atoms with Crippen molar-refractivity contribution in [2.45, 2.75) is 25.7 Å². The first kappa shape index (κ1) is 9.21. The molecule has 0 N–H and O–H groups in total. The van der Waals surface area contributed by atoms with E-state index in [-0.39, 0.29) is 0 Å². The highest BCUT2D eigenvalue weighted by Crippen LogP contribution is 1.97. The Morgan fingerprint density at radius 2 is 2.10 bits per heavy atom. The van der Waals surface area contributed by atoms with Gasteiger partial charge in [0.25, 0.3) is 0 Å². The normalized spacial score (nSPS) is 10.1. The van der Waals surface area contributed by atoms with Gasteiger partial charge < -0.3 is 4.84 Å². The van der Waals surface area contributed by atoms with Gasteiger partial charge in [-0.1, -0.05) is 11.2 Å². The molecule has 0 saturated heterocycles. The smallest absolute Gasteiger partial charge is 0.106 e. The Morgan fingerprint density at radius 1 is 1.40 bits per heavy atom. The second kappa shape index (κ2) is 8.21. The standard InChI is InChI=1S/C8H15NO/c1-3-4-5-6-7-8-9-10-2/h3,8H,1,4-7H2,2H3/b9-8+. The third-order valence-corrected chi connectivity index (χ3v) is 1.17. The molecule has 0 atom stereocenters. The zero-order chi connectivity index (χ0) is 7.66. The molecule has 2 heteroatoms. The fourth-order valence-corrected chi connectivity index (χ4v) is 0.652. The minimum absolute atomic E-state index is 1.00. The van der Waals surface area contributed by atoms with Gasteiger partial charge in [-0.25, -0.2) is 0 Å². The summed E-state index contributed by atoms with van der Waals surface area (Å²) in [7, 11) is 1.56. The summed E-state index contributed by atoms with van der Waals surface area (Å²) >= 11 is 0. The quantitative estimate of drug-likeness (QED) is 0.241. The van der Waals surface area contributed by atoms with E-state index in [1.807, 2.05) is 6.08 Å². The highest BCUT2D eigenvalue weighted by Gasteiger charge is 1.82. The molecular weight excluding hydrogens is 126 g/mol. The van der Waals surface area contributed by atoms with Gasteiger partial charge in [0.2, 0.25) is 0 Å². The van der Waals surface area contributed by atoms with Gasteiger partial charge in [-0.2, -0.15) is 0 Å². The number of allylic oxidation sites excluding steroid dienone is 1. The summed E-state index contributed by atoms with van der Waals surface area (Å²) in [5.74, 6) is 0. The molecule has 0 aliphatic carbocycles. The minimum Gasteiger partial charge on any atom is -0.399 e. The number of nitrogens with zero attached hydrogens (tertiary/aromatic N) is 1. The molecule has 0 aromatic rings. The summed E-state index contributed by atoms with van der Waals surface area (Å²) < 4.78 is 0. The molecule has 0 radical (unpaired) electrons. The average molecular weight is 141 g/mol. The monoisotopic (exact) mass is 141 g/mol. The molecule has 0 unspecified atom stereocenters. The zero-order valence-corrected chi connectivity index (χ0v) is 6.55. The van der Waals surface area contributed by atoms with Crippen LogP contribution >= 0.6 is 0 Å². The number of oxime groups is 1. The van der Waals surface area contributed by atoms with Crippen molar-refractivity contribution in [1.29, 1.82) is 0 Å². The van der Waals surface area contributed by atoms with Gasteiger partial charge in [-0.15, -0.1) is 6.58 Å². The molecule has 0 aliphatic heterocycles. The van der Waals surface area contributed by atoms with E-state index in [9.17, 15) is 0 Å². The fraction of sp³-hybridized carbons (Fsp3) is 0.625. The highest BCUT2D eigenvalue weighted by molar-refractivity contribution is 5.55. The van der Waals surface area contributed by atoms with Crippen LogP contribution in [0.3, 0.4) is 0 Å². The maximum Gasteiger partial charge on any atom is 0.106 e. The maximum atomic E-state index is 4.50. The lowest BCUT2D eigenvalue weighted by molar-refractivity contribution is 0.214. The molecule has 0 bridgehead atoms. The lowest BCUT2D eigenvalue weighted by Crippen LogP contribution is -1.78. The molecule has 0 amide bonds. The van der Waals surface area contributed by atoms with Crippen LogP contribution in [0, 0.1) is 0 Å². The van der Waals surface area contributed by atoms with E-state index in [0.717, 1.165) is 12.8 Å². The predicted octanol–water partition coefficient (Wildman–Crippen LogP) is 2.37. The Labute approximate surface area is 62.6 Å². The Balaban J connectivity index is 2.89. The Hall–Kier alpha value is -0.790. The molecule has 0 rings (SSSR count). The van der Waals surface area contributed by atoms with Gasteiger partial charge in [-0.3, -0.25) is 0 Å². The van der Waals surface area contributed by atoms with Crippen LogP contribution in [0.25, 0.3) is 0 Å². The van der Waals surface area contributed by atoms with Crippen molar-refractivity contribution < 1.29 is 4.84 Å². The van der Waals surface area contributed by atoms with Crippen LogP contribution in [-0.2, 0) is 4.84 Å². The topological polar surface area (TPSA) is 21.6 Å². The molecular formula is C8H15NO. The van der Waals surface area contributed by atoms with Gasteiger partial charge in [0, 0.05) is 6.21 Å². The number of rotatable bonds is 6. The molecule has 0 spiro atoms. The van der Waals surface area contributed by atoms with Gasteiger partial charge in [-0.05, 0) is 25.7 Å². The molecule has 0 aromatic carbocycles. The van der Waals surface area contributed by atoms with Crippen molar-refractivity contribution in [2.75, 3.05) is 7.11 Å². The minimum atomic E-state index is 1.00. The van der Waals surface area contributed by atoms with E-state index < -0.39 is 0 Å². The number of unbranched alkanes of at least 4 members (excludes halogenated alkanes) is 3. The van der Waals surface area contributed by atoms with Crippen molar-refractivity contribution in [1.82, 2.24) is 0 Å². The molecule has 58 valence electrons. The molecule has 0 fully saturated rings. The van der Waals surface area contributed by atoms with Gasteiger partial charge in [0.1, 0.15) is 7.11 Å². The van der Waals surface area contributed by atoms with Crippen LogP contribution in [0.1, 0.15) is 25.7 Å². The third-order valence-electron chi connectivity index (χ3n) is 1.17. The maximum absolute atomic E-state index is 4.50. The molecule has 0 aliphatic rings. The summed E-state index contributed by atoms with van der Waals surface area (Å²) in [6.07, 6.45) is 8.19. The van der Waals surface area contributed by atoms with Crippen LogP contribution in [0.4, 0.5) is 0 Å². The molecule has 0 heterocycles. The largest absolute Gasteiger partial charge is 0.399 e. The SMILES string of the molecule is C=CCCCC/C=N/OC. The van der Waals surface area contributed by atoms with Gasteiger partial charge in [0.05, 0.1) is 0 Å². The van der Waals surface area contributed by atoms with E-state index >= 15 is 0 Å². The first-order valence-electron chi connectivity index (χ1n) is 3.57. The second-order valence-electron chi connectivity index (χ2n) is 2.04. The average Bonchev–Trinajstić information content (AvgIpc) is 1.97. The third kappa shape index (κ3) is 7.21. The summed E-state index contributed by atoms with van der Waals surface area (Å²) in [4.78, 5) is 4.50. The van der Waals surface area contributed by atoms with E-state index in [1.165, 1.54) is 12.8 Å².